The molecule has 0 spiro atoms. The highest BCUT2D eigenvalue weighted by Crippen LogP contribution is 2.21. The largest absolute Gasteiger partial charge is 0.480 e. The molecule has 1 aliphatic rings. The van der Waals surface area contributed by atoms with Crippen molar-refractivity contribution in [3.05, 3.63) is 34.9 Å². The van der Waals surface area contributed by atoms with Crippen LogP contribution in [0.5, 0.6) is 0 Å². The molecule has 1 saturated heterocycles. The Morgan fingerprint density at radius 2 is 2.00 bits per heavy atom. The molecule has 4 N–H and O–H groups in total. The van der Waals surface area contributed by atoms with Crippen LogP contribution >= 0.6 is 23.4 Å². The molecule has 0 aromatic heterocycles. The molecule has 7 nitrogen and oxygen atoms in total. The number of hydrogen-bond acceptors (Lipinski definition) is 5. The van der Waals surface area contributed by atoms with Crippen LogP contribution in [0.15, 0.2) is 24.3 Å². The number of halogens is 1. The zero-order chi connectivity index (χ0) is 18.2. The molecule has 0 bridgehead atoms. The maximum Gasteiger partial charge on any atom is 0.322 e. The fourth-order valence-corrected chi connectivity index (χ4v) is 3.49. The number of amides is 2. The minimum atomic E-state index is -1.10. The van der Waals surface area contributed by atoms with Crippen molar-refractivity contribution >= 4 is 41.1 Å². The molecule has 1 aromatic rings. The van der Waals surface area contributed by atoms with Gasteiger partial charge in [-0.15, -0.1) is 11.8 Å². The van der Waals surface area contributed by atoms with Crippen LogP contribution in [0.2, 0.25) is 5.02 Å². The summed E-state index contributed by atoms with van der Waals surface area (Å²) in [6, 6.07) is 6.81. The summed E-state index contributed by atoms with van der Waals surface area (Å²) in [6.07, 6.45) is 0.0715. The van der Waals surface area contributed by atoms with Crippen molar-refractivity contribution in [2.75, 3.05) is 24.7 Å². The third-order valence-electron chi connectivity index (χ3n) is 3.77. The minimum Gasteiger partial charge on any atom is -0.480 e. The van der Waals surface area contributed by atoms with Crippen LogP contribution in [0.4, 0.5) is 0 Å². The van der Waals surface area contributed by atoms with E-state index in [9.17, 15) is 14.4 Å². The maximum atomic E-state index is 12.1. The van der Waals surface area contributed by atoms with E-state index >= 15 is 0 Å². The number of carboxylic acid groups (broad SMARTS) is 1. The Balaban J connectivity index is 1.98. The third kappa shape index (κ3) is 6.56. The van der Waals surface area contributed by atoms with Gasteiger partial charge in [0.05, 0.1) is 6.04 Å². The van der Waals surface area contributed by atoms with Gasteiger partial charge in [-0.25, -0.2) is 0 Å². The molecule has 2 rings (SSSR count). The summed E-state index contributed by atoms with van der Waals surface area (Å²) < 4.78 is 0. The monoisotopic (exact) mass is 385 g/mol. The molecule has 0 saturated carbocycles. The van der Waals surface area contributed by atoms with Crippen LogP contribution in [0.3, 0.4) is 0 Å². The van der Waals surface area contributed by atoms with Crippen molar-refractivity contribution in [2.45, 2.75) is 18.4 Å². The first kappa shape index (κ1) is 19.6. The molecule has 0 aliphatic carbocycles. The zero-order valence-electron chi connectivity index (χ0n) is 13.5. The fraction of sp³-hybridized carbons (Fsp3) is 0.438. The Morgan fingerprint density at radius 1 is 1.28 bits per heavy atom. The molecular formula is C16H20ClN3O4S. The molecule has 136 valence electrons. The number of carbonyl (C=O) groups is 3. The van der Waals surface area contributed by atoms with E-state index in [1.54, 1.807) is 36.0 Å². The standard InChI is InChI=1S/C16H20ClN3O4S/c17-12-3-1-10(2-4-12)11(5-14(21)18-7-15(22)23)6-19-16(24)13-8-25-9-20-13/h1-4,11,13,20H,5-9H2,(H,18,21)(H,19,24)(H,22,23)/t11-,13+/m0/s1. The number of hydrogen-bond donors (Lipinski definition) is 4. The van der Waals surface area contributed by atoms with Crippen LogP contribution in [0.1, 0.15) is 17.9 Å². The van der Waals surface area contributed by atoms with Gasteiger partial charge in [0, 0.05) is 35.5 Å². The summed E-state index contributed by atoms with van der Waals surface area (Å²) in [5.74, 6) is -0.396. The van der Waals surface area contributed by atoms with Crippen molar-refractivity contribution in [3.63, 3.8) is 0 Å². The Kier molecular flexibility index (Phi) is 7.54. The maximum absolute atomic E-state index is 12.1. The van der Waals surface area contributed by atoms with E-state index in [0.717, 1.165) is 17.2 Å². The second-order valence-corrected chi connectivity index (χ2v) is 7.11. The summed E-state index contributed by atoms with van der Waals surface area (Å²) in [7, 11) is 0. The summed E-state index contributed by atoms with van der Waals surface area (Å²) in [5.41, 5.74) is 0.851. The molecule has 2 atom stereocenters. The fourth-order valence-electron chi connectivity index (χ4n) is 2.42. The lowest BCUT2D eigenvalue weighted by Gasteiger charge is -2.19. The lowest BCUT2D eigenvalue weighted by molar-refractivity contribution is -0.138. The zero-order valence-corrected chi connectivity index (χ0v) is 15.0. The average Bonchev–Trinajstić information content (AvgIpc) is 3.12. The van der Waals surface area contributed by atoms with Crippen molar-refractivity contribution in [1.29, 1.82) is 0 Å². The van der Waals surface area contributed by atoms with Gasteiger partial charge in [0.25, 0.3) is 0 Å². The molecule has 9 heteroatoms. The second kappa shape index (κ2) is 9.65. The van der Waals surface area contributed by atoms with Crippen LogP contribution in [-0.4, -0.2) is 53.7 Å². The molecule has 1 heterocycles. The third-order valence-corrected chi connectivity index (χ3v) is 4.96. The van der Waals surface area contributed by atoms with E-state index in [1.807, 2.05) is 0 Å². The summed E-state index contributed by atoms with van der Waals surface area (Å²) in [4.78, 5) is 34.7. The number of aliphatic carboxylic acids is 1. The van der Waals surface area contributed by atoms with Crippen LogP contribution in [0, 0.1) is 0 Å². The molecule has 2 amide bonds. The lowest BCUT2D eigenvalue weighted by atomic mass is 9.95. The SMILES string of the molecule is O=C(O)CNC(=O)C[C@@H](CNC(=O)[C@H]1CSCN1)c1ccc(Cl)cc1. The van der Waals surface area contributed by atoms with E-state index in [2.05, 4.69) is 16.0 Å². The van der Waals surface area contributed by atoms with E-state index in [-0.39, 0.29) is 36.7 Å². The second-order valence-electron chi connectivity index (χ2n) is 5.64. The molecule has 1 fully saturated rings. The Bertz CT molecular complexity index is 620. The minimum absolute atomic E-state index is 0.0715. The molecular weight excluding hydrogens is 366 g/mol. The molecule has 25 heavy (non-hydrogen) atoms. The first-order chi connectivity index (χ1) is 12.0. The van der Waals surface area contributed by atoms with Crippen molar-refractivity contribution < 1.29 is 19.5 Å². The molecule has 0 unspecified atom stereocenters. The number of rotatable bonds is 8. The van der Waals surface area contributed by atoms with Gasteiger partial charge < -0.3 is 15.7 Å². The van der Waals surface area contributed by atoms with E-state index < -0.39 is 12.5 Å². The lowest BCUT2D eigenvalue weighted by Crippen LogP contribution is -2.43. The average molecular weight is 386 g/mol. The van der Waals surface area contributed by atoms with Gasteiger partial charge in [-0.1, -0.05) is 23.7 Å². The van der Waals surface area contributed by atoms with Gasteiger partial charge in [0.2, 0.25) is 11.8 Å². The smallest absolute Gasteiger partial charge is 0.322 e. The first-order valence-electron chi connectivity index (χ1n) is 7.78. The van der Waals surface area contributed by atoms with Gasteiger partial charge >= 0.3 is 5.97 Å². The predicted molar refractivity (Wildman–Crippen MR) is 96.7 cm³/mol. The molecule has 0 radical (unpaired) electrons. The number of benzene rings is 1. The van der Waals surface area contributed by atoms with E-state index in [0.29, 0.717) is 5.02 Å². The van der Waals surface area contributed by atoms with Crippen LogP contribution < -0.4 is 16.0 Å². The highest BCUT2D eigenvalue weighted by atomic mass is 35.5. The van der Waals surface area contributed by atoms with Crippen molar-refractivity contribution in [1.82, 2.24) is 16.0 Å². The number of carbonyl (C=O) groups excluding carboxylic acids is 2. The van der Waals surface area contributed by atoms with Gasteiger partial charge in [-0.3, -0.25) is 19.7 Å². The van der Waals surface area contributed by atoms with Gasteiger partial charge in [-0.05, 0) is 17.7 Å². The summed E-state index contributed by atoms with van der Waals surface area (Å²) >= 11 is 7.55. The quantitative estimate of drug-likeness (QED) is 0.527. The van der Waals surface area contributed by atoms with Crippen LogP contribution in [0.25, 0.3) is 0 Å². The number of nitrogens with one attached hydrogen (secondary N) is 3. The van der Waals surface area contributed by atoms with E-state index in [4.69, 9.17) is 16.7 Å². The van der Waals surface area contributed by atoms with Gasteiger partial charge in [0.1, 0.15) is 6.54 Å². The normalized spacial score (nSPS) is 17.7. The number of carboxylic acids is 1. The number of thioether (sulfide) groups is 1. The van der Waals surface area contributed by atoms with Crippen LogP contribution in [-0.2, 0) is 14.4 Å². The Labute approximate surface area is 154 Å². The van der Waals surface area contributed by atoms with Crippen molar-refractivity contribution in [2.24, 2.45) is 0 Å². The summed E-state index contributed by atoms with van der Waals surface area (Å²) in [5, 5.41) is 17.5. The molecule has 1 aromatic carbocycles. The Morgan fingerprint density at radius 3 is 2.60 bits per heavy atom. The van der Waals surface area contributed by atoms with Crippen molar-refractivity contribution in [3.8, 4) is 0 Å². The molecule has 1 aliphatic heterocycles. The van der Waals surface area contributed by atoms with E-state index in [1.165, 1.54) is 0 Å². The Hall–Kier alpha value is -1.77. The summed E-state index contributed by atoms with van der Waals surface area (Å²) in [6.45, 7) is -0.147. The highest BCUT2D eigenvalue weighted by molar-refractivity contribution is 7.99. The first-order valence-corrected chi connectivity index (χ1v) is 9.31. The topological polar surface area (TPSA) is 108 Å². The van der Waals surface area contributed by atoms with Gasteiger partial charge in [0.15, 0.2) is 0 Å². The van der Waals surface area contributed by atoms with Gasteiger partial charge in [-0.2, -0.15) is 0 Å². The highest BCUT2D eigenvalue weighted by Gasteiger charge is 2.24. The predicted octanol–water partition coefficient (Wildman–Crippen LogP) is 0.793.